The molecule has 32 heavy (non-hydrogen) atoms. The van der Waals surface area contributed by atoms with E-state index in [1.807, 2.05) is 6.07 Å². The van der Waals surface area contributed by atoms with E-state index in [-0.39, 0.29) is 23.4 Å². The van der Waals surface area contributed by atoms with Crippen molar-refractivity contribution >= 4 is 56.7 Å². The Morgan fingerprint density at radius 3 is 2.59 bits per heavy atom. The number of non-ortho nitro benzene ring substituents is 1. The van der Waals surface area contributed by atoms with Crippen LogP contribution in [0.15, 0.2) is 70.7 Å². The molecule has 0 spiro atoms. The highest BCUT2D eigenvalue weighted by Gasteiger charge is 2.16. The number of ether oxygens (including phenoxy) is 1. The zero-order valence-electron chi connectivity index (χ0n) is 16.2. The van der Waals surface area contributed by atoms with Crippen LogP contribution in [0.1, 0.15) is 21.5 Å². The predicted octanol–water partition coefficient (Wildman–Crippen LogP) is 7.03. The molecule has 0 aliphatic rings. The predicted molar refractivity (Wildman–Crippen MR) is 126 cm³/mol. The number of carbonyl (C=O) groups excluding carboxylic acids is 1. The van der Waals surface area contributed by atoms with Crippen molar-refractivity contribution in [1.29, 1.82) is 5.26 Å². The largest absolute Gasteiger partial charge is 0.488 e. The fraction of sp³-hybridized carbons (Fsp3) is 0.0435. The number of nitrogens with zero attached hydrogens (tertiary/aromatic N) is 2. The number of ketones is 1. The molecule has 0 saturated heterocycles. The van der Waals surface area contributed by atoms with Crippen molar-refractivity contribution in [3.8, 4) is 11.8 Å². The van der Waals surface area contributed by atoms with E-state index in [1.54, 1.807) is 36.4 Å². The second kappa shape index (κ2) is 10.4. The van der Waals surface area contributed by atoms with Gasteiger partial charge in [-0.1, -0.05) is 47.5 Å². The van der Waals surface area contributed by atoms with Crippen LogP contribution < -0.4 is 4.74 Å². The summed E-state index contributed by atoms with van der Waals surface area (Å²) in [5.41, 5.74) is 1.02. The Hall–Kier alpha value is -3.18. The summed E-state index contributed by atoms with van der Waals surface area (Å²) in [6.45, 7) is 0.221. The lowest BCUT2D eigenvalue weighted by Crippen LogP contribution is -2.03. The maximum atomic E-state index is 12.7. The zero-order chi connectivity index (χ0) is 23.3. The Kier molecular flexibility index (Phi) is 7.65. The maximum Gasteiger partial charge on any atom is 0.270 e. The molecule has 0 aliphatic heterocycles. The minimum Gasteiger partial charge on any atom is -0.488 e. The average Bonchev–Trinajstić information content (AvgIpc) is 2.77. The number of benzene rings is 3. The quantitative estimate of drug-likeness (QED) is 0.107. The van der Waals surface area contributed by atoms with Crippen LogP contribution in [-0.4, -0.2) is 10.7 Å². The van der Waals surface area contributed by atoms with Crippen molar-refractivity contribution < 1.29 is 14.5 Å². The number of Topliss-reactive ketones (excluding diaryl/α,β-unsaturated/α-hetero) is 1. The van der Waals surface area contributed by atoms with Gasteiger partial charge < -0.3 is 4.74 Å². The molecular formula is C23H13BrCl2N2O4. The van der Waals surface area contributed by atoms with Gasteiger partial charge in [-0.3, -0.25) is 14.9 Å². The second-order valence-corrected chi connectivity index (χ2v) is 8.22. The molecule has 3 aromatic carbocycles. The number of nitro groups is 1. The molecule has 0 unspecified atom stereocenters. The van der Waals surface area contributed by atoms with Crippen LogP contribution >= 0.6 is 39.1 Å². The molecule has 0 fully saturated rings. The molecule has 3 rings (SSSR count). The Balaban J connectivity index is 1.79. The van der Waals surface area contributed by atoms with Gasteiger partial charge in [-0.25, -0.2) is 0 Å². The lowest BCUT2D eigenvalue weighted by Gasteiger charge is -2.10. The molecule has 160 valence electrons. The summed E-state index contributed by atoms with van der Waals surface area (Å²) >= 11 is 15.5. The monoisotopic (exact) mass is 530 g/mol. The van der Waals surface area contributed by atoms with Crippen molar-refractivity contribution in [2.45, 2.75) is 6.61 Å². The standard InChI is InChI=1S/C23H13BrCl2N2O4/c24-20-9-14(4-7-22(20)32-13-16-5-6-18(25)11-21(16)26)8-17(12-27)23(29)15-2-1-3-19(10-15)28(30)31/h1-11H,13H2. The summed E-state index contributed by atoms with van der Waals surface area (Å²) in [5.74, 6) is -0.0679. The molecule has 0 amide bonds. The first-order valence-corrected chi connectivity index (χ1v) is 10.6. The first-order chi connectivity index (χ1) is 15.3. The second-order valence-electron chi connectivity index (χ2n) is 6.52. The number of hydrogen-bond acceptors (Lipinski definition) is 5. The van der Waals surface area contributed by atoms with Crippen molar-refractivity contribution in [1.82, 2.24) is 0 Å². The van der Waals surface area contributed by atoms with Gasteiger partial charge >= 0.3 is 0 Å². The first kappa shape index (κ1) is 23.5. The summed E-state index contributed by atoms with van der Waals surface area (Å²) in [7, 11) is 0. The minimum absolute atomic E-state index is 0.0610. The van der Waals surface area contributed by atoms with E-state index in [9.17, 15) is 20.2 Å². The number of carbonyl (C=O) groups is 1. The van der Waals surface area contributed by atoms with Gasteiger partial charge in [0.25, 0.3) is 5.69 Å². The SMILES string of the molecule is N#CC(=Cc1ccc(OCc2ccc(Cl)cc2Cl)c(Br)c1)C(=O)c1cccc([N+](=O)[O-])c1. The number of nitro benzene ring substituents is 1. The van der Waals surface area contributed by atoms with Gasteiger partial charge in [0.05, 0.1) is 9.40 Å². The van der Waals surface area contributed by atoms with Crippen molar-refractivity contribution in [3.05, 3.63) is 108 Å². The molecule has 0 radical (unpaired) electrons. The first-order valence-electron chi connectivity index (χ1n) is 9.05. The Morgan fingerprint density at radius 1 is 1.16 bits per heavy atom. The summed E-state index contributed by atoms with van der Waals surface area (Å²) in [5, 5.41) is 21.4. The van der Waals surface area contributed by atoms with E-state index in [1.165, 1.54) is 24.3 Å². The van der Waals surface area contributed by atoms with Gasteiger partial charge in [-0.15, -0.1) is 0 Å². The smallest absolute Gasteiger partial charge is 0.270 e. The van der Waals surface area contributed by atoms with Crippen LogP contribution in [0.4, 0.5) is 5.69 Å². The highest BCUT2D eigenvalue weighted by Crippen LogP contribution is 2.29. The number of nitriles is 1. The van der Waals surface area contributed by atoms with Crippen LogP contribution in [0.2, 0.25) is 10.0 Å². The van der Waals surface area contributed by atoms with Gasteiger partial charge in [0.2, 0.25) is 5.78 Å². The van der Waals surface area contributed by atoms with Crippen molar-refractivity contribution in [2.24, 2.45) is 0 Å². The molecule has 3 aromatic rings. The van der Waals surface area contributed by atoms with Crippen LogP contribution in [0.25, 0.3) is 6.08 Å². The van der Waals surface area contributed by atoms with E-state index < -0.39 is 10.7 Å². The molecule has 0 aromatic heterocycles. The van der Waals surface area contributed by atoms with Gasteiger partial charge in [0.15, 0.2) is 0 Å². The molecule has 9 heteroatoms. The number of rotatable bonds is 7. The summed E-state index contributed by atoms with van der Waals surface area (Å²) in [6.07, 6.45) is 1.41. The summed E-state index contributed by atoms with van der Waals surface area (Å²) in [4.78, 5) is 23.0. The lowest BCUT2D eigenvalue weighted by atomic mass is 10.0. The molecule has 6 nitrogen and oxygen atoms in total. The zero-order valence-corrected chi connectivity index (χ0v) is 19.3. The molecule has 0 N–H and O–H groups in total. The fourth-order valence-electron chi connectivity index (χ4n) is 2.75. The number of allylic oxidation sites excluding steroid dienone is 1. The van der Waals surface area contributed by atoms with E-state index >= 15 is 0 Å². The van der Waals surface area contributed by atoms with Crippen LogP contribution in [-0.2, 0) is 6.61 Å². The van der Waals surface area contributed by atoms with Crippen LogP contribution in [0.5, 0.6) is 5.75 Å². The van der Waals surface area contributed by atoms with E-state index in [0.717, 1.165) is 11.6 Å². The van der Waals surface area contributed by atoms with Crippen molar-refractivity contribution in [2.75, 3.05) is 0 Å². The highest BCUT2D eigenvalue weighted by atomic mass is 79.9. The molecule has 0 atom stereocenters. The summed E-state index contributed by atoms with van der Waals surface area (Å²) < 4.78 is 6.40. The Bertz CT molecular complexity index is 1290. The Morgan fingerprint density at radius 2 is 1.94 bits per heavy atom. The average molecular weight is 532 g/mol. The van der Waals surface area contributed by atoms with Crippen LogP contribution in [0.3, 0.4) is 0 Å². The third-order valence-electron chi connectivity index (χ3n) is 4.35. The number of hydrogen-bond donors (Lipinski definition) is 0. The third-order valence-corrected chi connectivity index (χ3v) is 5.56. The molecule has 0 aliphatic carbocycles. The van der Waals surface area contributed by atoms with Crippen molar-refractivity contribution in [3.63, 3.8) is 0 Å². The molecular weight excluding hydrogens is 519 g/mol. The van der Waals surface area contributed by atoms with E-state index in [4.69, 9.17) is 27.9 Å². The van der Waals surface area contributed by atoms with Gasteiger partial charge in [0.1, 0.15) is 24.0 Å². The molecule has 0 heterocycles. The van der Waals surface area contributed by atoms with Crippen LogP contribution in [0, 0.1) is 21.4 Å². The lowest BCUT2D eigenvalue weighted by molar-refractivity contribution is -0.384. The van der Waals surface area contributed by atoms with Gasteiger partial charge in [0, 0.05) is 33.3 Å². The van der Waals surface area contributed by atoms with Gasteiger partial charge in [-0.2, -0.15) is 5.26 Å². The normalized spacial score (nSPS) is 11.0. The minimum atomic E-state index is -0.606. The summed E-state index contributed by atoms with van der Waals surface area (Å²) in [6, 6.07) is 17.3. The third kappa shape index (κ3) is 5.74. The topological polar surface area (TPSA) is 93.2 Å². The molecule has 0 bridgehead atoms. The molecule has 0 saturated carbocycles. The Labute approximate surface area is 201 Å². The van der Waals surface area contributed by atoms with Gasteiger partial charge in [-0.05, 0) is 51.8 Å². The van der Waals surface area contributed by atoms with E-state index in [2.05, 4.69) is 15.9 Å². The maximum absolute atomic E-state index is 12.7. The fourth-order valence-corrected chi connectivity index (χ4v) is 3.72. The number of halogens is 3. The van der Waals surface area contributed by atoms with E-state index in [0.29, 0.717) is 25.8 Å². The highest BCUT2D eigenvalue weighted by molar-refractivity contribution is 9.10.